The van der Waals surface area contributed by atoms with Gasteiger partial charge < -0.3 is 24.3 Å². The number of ether oxygens (including phenoxy) is 2. The van der Waals surface area contributed by atoms with Crippen LogP contribution in [0.4, 0.5) is 18.9 Å². The molecule has 0 radical (unpaired) electrons. The number of nitrogens with zero attached hydrogens (tertiary/aromatic N) is 5. The van der Waals surface area contributed by atoms with Crippen molar-refractivity contribution in [3.63, 3.8) is 0 Å². The number of aryl methyl sites for hydroxylation is 1. The Bertz CT molecular complexity index is 1520. The smallest absolute Gasteiger partial charge is 0.383 e. The maximum absolute atomic E-state index is 13.7. The first-order valence-corrected chi connectivity index (χ1v) is 15.7. The molecule has 2 aliphatic heterocycles. The van der Waals surface area contributed by atoms with E-state index in [0.29, 0.717) is 50.2 Å². The lowest BCUT2D eigenvalue weighted by molar-refractivity contribution is -0.137. The van der Waals surface area contributed by atoms with Gasteiger partial charge in [-0.05, 0) is 49.8 Å². The minimum atomic E-state index is -4.48. The normalized spacial score (nSPS) is 22.1. The molecule has 0 saturated carbocycles. The summed E-state index contributed by atoms with van der Waals surface area (Å²) < 4.78 is 54.7. The van der Waals surface area contributed by atoms with Gasteiger partial charge in [0.2, 0.25) is 5.91 Å². The molecule has 2 aromatic heterocycles. The summed E-state index contributed by atoms with van der Waals surface area (Å²) in [6.45, 7) is 6.31. The lowest BCUT2D eigenvalue weighted by Crippen LogP contribution is -2.61. The van der Waals surface area contributed by atoms with Crippen molar-refractivity contribution in [1.29, 1.82) is 0 Å². The number of piperazine rings is 1. The van der Waals surface area contributed by atoms with Gasteiger partial charge in [0.1, 0.15) is 17.8 Å². The van der Waals surface area contributed by atoms with Crippen LogP contribution in [-0.2, 0) is 27.5 Å². The van der Waals surface area contributed by atoms with Crippen molar-refractivity contribution >= 4 is 22.6 Å². The molecule has 5 rings (SSSR count). The van der Waals surface area contributed by atoms with E-state index in [2.05, 4.69) is 22.0 Å². The van der Waals surface area contributed by atoms with Crippen molar-refractivity contribution in [2.24, 2.45) is 7.05 Å². The minimum absolute atomic E-state index is 0.0945. The molecule has 2 aliphatic rings. The van der Waals surface area contributed by atoms with Crippen LogP contribution in [0.5, 0.6) is 0 Å². The molecule has 0 spiro atoms. The van der Waals surface area contributed by atoms with Gasteiger partial charge in [-0.25, -0.2) is 4.68 Å². The number of hydrogen-bond donors (Lipinski definition) is 1. The maximum atomic E-state index is 13.7. The zero-order valence-electron chi connectivity index (χ0n) is 26.3. The molecule has 4 heterocycles. The van der Waals surface area contributed by atoms with Crippen LogP contribution in [0.2, 0.25) is 0 Å². The third-order valence-corrected chi connectivity index (χ3v) is 9.09. The zero-order valence-corrected chi connectivity index (χ0v) is 26.3. The number of fused-ring (bicyclic) bond motifs is 1. The van der Waals surface area contributed by atoms with Crippen LogP contribution >= 0.6 is 0 Å². The fraction of sp³-hybridized carbons (Fsp3) is 0.594. The molecule has 2 unspecified atom stereocenters. The Morgan fingerprint density at radius 1 is 1.13 bits per heavy atom. The van der Waals surface area contributed by atoms with Gasteiger partial charge in [0, 0.05) is 58.5 Å². The molecular formula is C32H43F3N6O4. The molecule has 246 valence electrons. The number of amides is 1. The summed E-state index contributed by atoms with van der Waals surface area (Å²) in [6.07, 6.45) is 1.52. The number of rotatable bonds is 10. The van der Waals surface area contributed by atoms with E-state index < -0.39 is 17.8 Å². The molecular weight excluding hydrogens is 589 g/mol. The van der Waals surface area contributed by atoms with Crippen LogP contribution in [-0.4, -0.2) is 77.2 Å². The monoisotopic (exact) mass is 632 g/mol. The molecule has 0 bridgehead atoms. The largest absolute Gasteiger partial charge is 0.416 e. The molecule has 1 N–H and O–H groups in total. The fourth-order valence-corrected chi connectivity index (χ4v) is 6.53. The molecule has 1 amide bonds. The van der Waals surface area contributed by atoms with Gasteiger partial charge in [-0.2, -0.15) is 18.3 Å². The number of alkyl halides is 3. The number of carbonyl (C=O) groups excluding carboxylic acids is 1. The topological polar surface area (TPSA) is 93.9 Å². The molecule has 4 atom stereocenters. The highest BCUT2D eigenvalue weighted by atomic mass is 19.4. The van der Waals surface area contributed by atoms with Gasteiger partial charge in [0.15, 0.2) is 0 Å². The number of methoxy groups -OCH3 is 1. The van der Waals surface area contributed by atoms with E-state index in [1.807, 2.05) is 17.8 Å². The predicted molar refractivity (Wildman–Crippen MR) is 165 cm³/mol. The highest BCUT2D eigenvalue weighted by Gasteiger charge is 2.41. The molecule has 3 aromatic rings. The van der Waals surface area contributed by atoms with Gasteiger partial charge in [0.05, 0.1) is 29.6 Å². The quantitative estimate of drug-likeness (QED) is 0.326. The second-order valence-electron chi connectivity index (χ2n) is 11.9. The van der Waals surface area contributed by atoms with Gasteiger partial charge in [-0.1, -0.05) is 26.0 Å². The second-order valence-corrected chi connectivity index (χ2v) is 11.9. The van der Waals surface area contributed by atoms with Crippen LogP contribution in [0.3, 0.4) is 0 Å². The van der Waals surface area contributed by atoms with Gasteiger partial charge in [0.25, 0.3) is 5.56 Å². The number of halogens is 3. The average molecular weight is 633 g/mol. The van der Waals surface area contributed by atoms with Crippen molar-refractivity contribution in [3.8, 4) is 0 Å². The summed E-state index contributed by atoms with van der Waals surface area (Å²) in [6, 6.07) is 5.44. The SMILES string of the molecule is CC[C@H]1CN(C(C(=O)NCCOC)c2ccc(C(F)(F)F)cc2)[C@H](CC)CN1c1cc(=O)n(C)c2cn(C3CCCCO3)nc12. The number of aromatic nitrogens is 3. The molecule has 0 aliphatic carbocycles. The van der Waals surface area contributed by atoms with E-state index in [0.717, 1.165) is 42.6 Å². The lowest BCUT2D eigenvalue weighted by atomic mass is 9.94. The number of nitrogens with one attached hydrogen (secondary N) is 1. The summed E-state index contributed by atoms with van der Waals surface area (Å²) >= 11 is 0. The molecule has 2 saturated heterocycles. The Balaban J connectivity index is 1.51. The Labute approximate surface area is 261 Å². The van der Waals surface area contributed by atoms with Gasteiger partial charge >= 0.3 is 6.18 Å². The zero-order chi connectivity index (χ0) is 32.3. The summed E-state index contributed by atoms with van der Waals surface area (Å²) in [7, 11) is 3.28. The van der Waals surface area contributed by atoms with Crippen molar-refractivity contribution in [2.75, 3.05) is 44.9 Å². The molecule has 10 nitrogen and oxygen atoms in total. The molecule has 1 aromatic carbocycles. The molecule has 45 heavy (non-hydrogen) atoms. The van der Waals surface area contributed by atoms with Crippen molar-refractivity contribution in [3.05, 3.63) is 58.0 Å². The van der Waals surface area contributed by atoms with Crippen LogP contribution < -0.4 is 15.8 Å². The van der Waals surface area contributed by atoms with E-state index in [1.54, 1.807) is 17.7 Å². The van der Waals surface area contributed by atoms with E-state index in [4.69, 9.17) is 14.6 Å². The summed E-state index contributed by atoms with van der Waals surface area (Å²) in [5, 5.41) is 7.85. The number of pyridine rings is 1. The predicted octanol–water partition coefficient (Wildman–Crippen LogP) is 4.64. The van der Waals surface area contributed by atoms with Gasteiger partial charge in [-0.15, -0.1) is 0 Å². The standard InChI is InChI=1S/C32H43F3N6O4/c1-5-23-19-40(30(31(43)36-14-16-44-4)21-10-12-22(13-11-21)32(33,34)35)24(6-2)18-39(23)25-17-27(42)38(3)26-20-41(37-29(25)26)28-9-7-8-15-45-28/h10-13,17,20,23-24,28,30H,5-9,14-16,18-19H2,1-4H3,(H,36,43)/t23-,24+,28?,30?/m0/s1. The fourth-order valence-electron chi connectivity index (χ4n) is 6.53. The maximum Gasteiger partial charge on any atom is 0.416 e. The Morgan fingerprint density at radius 2 is 1.87 bits per heavy atom. The van der Waals surface area contributed by atoms with Crippen LogP contribution in [0.1, 0.15) is 69.3 Å². The van der Waals surface area contributed by atoms with Crippen LogP contribution in [0.25, 0.3) is 11.0 Å². The van der Waals surface area contributed by atoms with Crippen molar-refractivity contribution in [2.45, 2.75) is 76.5 Å². The average Bonchev–Trinajstić information content (AvgIpc) is 3.49. The number of anilines is 1. The first-order valence-electron chi connectivity index (χ1n) is 15.7. The van der Waals surface area contributed by atoms with E-state index in [1.165, 1.54) is 19.2 Å². The summed E-state index contributed by atoms with van der Waals surface area (Å²) in [4.78, 5) is 31.2. The first-order chi connectivity index (χ1) is 21.6. The van der Waals surface area contributed by atoms with Crippen molar-refractivity contribution in [1.82, 2.24) is 24.6 Å². The lowest BCUT2D eigenvalue weighted by Gasteiger charge is -2.49. The van der Waals surface area contributed by atoms with Crippen LogP contribution in [0.15, 0.2) is 41.3 Å². The Morgan fingerprint density at radius 3 is 2.49 bits per heavy atom. The highest BCUT2D eigenvalue weighted by Crippen LogP contribution is 2.37. The minimum Gasteiger partial charge on any atom is -0.383 e. The van der Waals surface area contributed by atoms with E-state index in [-0.39, 0.29) is 36.3 Å². The third kappa shape index (κ3) is 6.90. The number of hydrogen-bond acceptors (Lipinski definition) is 7. The highest BCUT2D eigenvalue weighted by molar-refractivity contribution is 5.88. The van der Waals surface area contributed by atoms with E-state index >= 15 is 0 Å². The summed E-state index contributed by atoms with van der Waals surface area (Å²) in [5.74, 6) is -0.296. The first kappa shape index (κ1) is 33.0. The van der Waals surface area contributed by atoms with E-state index in [9.17, 15) is 22.8 Å². The van der Waals surface area contributed by atoms with Crippen LogP contribution in [0, 0.1) is 0 Å². The Kier molecular flexibility index (Phi) is 10.2. The Hall–Kier alpha value is -3.42. The number of carbonyl (C=O) groups is 1. The third-order valence-electron chi connectivity index (χ3n) is 9.09. The van der Waals surface area contributed by atoms with Crippen molar-refractivity contribution < 1.29 is 27.4 Å². The summed E-state index contributed by atoms with van der Waals surface area (Å²) in [5.41, 5.74) is 1.75. The molecule has 13 heteroatoms. The second kappa shape index (κ2) is 13.9. The van der Waals surface area contributed by atoms with Gasteiger partial charge in [-0.3, -0.25) is 14.5 Å². The number of benzene rings is 1. The molecule has 2 fully saturated rings.